The Morgan fingerprint density at radius 3 is 2.26 bits per heavy atom. The molecule has 8 heteroatoms. The number of carbonyl (C=O) groups is 1. The number of hydrogen-bond acceptors (Lipinski definition) is 4. The minimum atomic E-state index is -4.90. The molecule has 5 saturated carbocycles. The largest absolute Gasteiger partial charge is 0.456 e. The van der Waals surface area contributed by atoms with Crippen LogP contribution in [0.1, 0.15) is 64.2 Å². The molecule has 1 heterocycles. The Balaban J connectivity index is 0.000000439. The quantitative estimate of drug-likeness (QED) is 0.279. The van der Waals surface area contributed by atoms with Gasteiger partial charge in [0, 0.05) is 8.07 Å². The summed E-state index contributed by atoms with van der Waals surface area (Å²) in [6, 6.07) is 0. The second-order valence-electron chi connectivity index (χ2n) is 13.8. The Morgan fingerprint density at radius 1 is 0.971 bits per heavy atom. The molecule has 6 aliphatic rings. The van der Waals surface area contributed by atoms with Gasteiger partial charge in [-0.15, -0.1) is 0 Å². The highest BCUT2D eigenvalue weighted by Crippen LogP contribution is 2.69. The van der Waals surface area contributed by atoms with Crippen molar-refractivity contribution in [3.05, 3.63) is 0 Å². The van der Waals surface area contributed by atoms with Crippen LogP contribution in [0.5, 0.6) is 0 Å². The lowest BCUT2D eigenvalue weighted by atomic mass is 9.67. The first-order chi connectivity index (χ1) is 15.7. The zero-order chi connectivity index (χ0) is 24.7. The summed E-state index contributed by atoms with van der Waals surface area (Å²) in [6.45, 7) is 9.31. The van der Waals surface area contributed by atoms with Crippen LogP contribution in [0.15, 0.2) is 0 Å². The van der Waals surface area contributed by atoms with Crippen molar-refractivity contribution in [1.82, 2.24) is 0 Å². The van der Waals surface area contributed by atoms with E-state index in [0.717, 1.165) is 37.0 Å². The molecule has 0 spiro atoms. The molecule has 4 bridgehead atoms. The van der Waals surface area contributed by atoms with Crippen molar-refractivity contribution >= 4 is 14.0 Å². The van der Waals surface area contributed by atoms with Crippen LogP contribution < -0.4 is 0 Å². The normalized spacial score (nSPS) is 48.8. The van der Waals surface area contributed by atoms with Crippen LogP contribution in [0.4, 0.5) is 13.2 Å². The van der Waals surface area contributed by atoms with Gasteiger partial charge >= 0.3 is 12.1 Å². The third-order valence-corrected chi connectivity index (χ3v) is 9.56. The summed E-state index contributed by atoms with van der Waals surface area (Å²) in [5.41, 5.74) is -1.34. The van der Waals surface area contributed by atoms with Crippen LogP contribution in [-0.2, 0) is 14.3 Å². The number of esters is 1. The van der Waals surface area contributed by atoms with E-state index in [2.05, 4.69) is 26.2 Å². The zero-order valence-corrected chi connectivity index (χ0v) is 22.0. The third kappa shape index (κ3) is 4.17. The molecular weight excluding hydrogens is 461 g/mol. The lowest BCUT2D eigenvalue weighted by Crippen LogP contribution is -2.49. The van der Waals surface area contributed by atoms with Gasteiger partial charge in [-0.05, 0) is 86.9 Å². The second-order valence-corrected chi connectivity index (χ2v) is 19.8. The molecule has 0 radical (unpaired) electrons. The number of alkyl halides is 3. The molecule has 6 fully saturated rings. The Morgan fingerprint density at radius 2 is 1.62 bits per heavy atom. The average molecular weight is 503 g/mol. The van der Waals surface area contributed by atoms with Crippen LogP contribution in [0, 0.1) is 41.4 Å². The first-order valence-electron chi connectivity index (χ1n) is 13.4. The summed E-state index contributed by atoms with van der Waals surface area (Å²) < 4.78 is 51.3. The molecule has 34 heavy (non-hydrogen) atoms. The molecular formula is C26H41F3O4Si. The Kier molecular flexibility index (Phi) is 6.05. The van der Waals surface area contributed by atoms with Crippen molar-refractivity contribution in [2.24, 2.45) is 41.4 Å². The van der Waals surface area contributed by atoms with Gasteiger partial charge in [0.2, 0.25) is 0 Å². The van der Waals surface area contributed by atoms with Gasteiger partial charge in [0.25, 0.3) is 5.79 Å². The molecule has 4 nitrogen and oxygen atoms in total. The number of fused-ring (bicyclic) bond motifs is 10. The molecule has 0 amide bonds. The molecule has 10 unspecified atom stereocenters. The number of hydrogen-bond donors (Lipinski definition) is 1. The summed E-state index contributed by atoms with van der Waals surface area (Å²) in [5, 5.41) is 10.2. The number of aliphatic hydroxyl groups is 1. The van der Waals surface area contributed by atoms with Crippen molar-refractivity contribution in [1.29, 1.82) is 0 Å². The van der Waals surface area contributed by atoms with E-state index in [1.165, 1.54) is 19.3 Å². The number of halogens is 3. The Labute approximate surface area is 202 Å². The van der Waals surface area contributed by atoms with Gasteiger partial charge in [0.05, 0.1) is 12.3 Å². The standard InChI is InChI=1S/C22H29F3O4.C4H12Si/c23-22(24,25)21(27)10-20(6-2-1-3-16(20)28-21)29-19(26)15-9-13-8-14(15)18-12-5-4-11(7-12)17(13)18;1-5(2,3)4/h11-18,27H,1-10H2;1-4H3. The van der Waals surface area contributed by atoms with E-state index in [0.29, 0.717) is 37.0 Å². The van der Waals surface area contributed by atoms with Crippen LogP contribution in [0.3, 0.4) is 0 Å². The number of ether oxygens (including phenoxy) is 2. The van der Waals surface area contributed by atoms with Gasteiger partial charge in [-0.3, -0.25) is 4.79 Å². The molecule has 1 N–H and O–H groups in total. The zero-order valence-electron chi connectivity index (χ0n) is 21.0. The number of carbonyl (C=O) groups excluding carboxylic acids is 1. The summed E-state index contributed by atoms with van der Waals surface area (Å²) in [6.07, 6.45) is 1.49. The van der Waals surface area contributed by atoms with E-state index in [1.807, 2.05) is 0 Å². The predicted molar refractivity (Wildman–Crippen MR) is 125 cm³/mol. The van der Waals surface area contributed by atoms with Crippen molar-refractivity contribution in [3.8, 4) is 0 Å². The van der Waals surface area contributed by atoms with Gasteiger partial charge in [0.15, 0.2) is 0 Å². The van der Waals surface area contributed by atoms with Gasteiger partial charge in [-0.25, -0.2) is 0 Å². The van der Waals surface area contributed by atoms with Crippen molar-refractivity contribution < 1.29 is 32.5 Å². The van der Waals surface area contributed by atoms with Crippen LogP contribution in [0.2, 0.25) is 26.2 Å². The third-order valence-electron chi connectivity index (χ3n) is 9.56. The Bertz CT molecular complexity index is 807. The van der Waals surface area contributed by atoms with E-state index < -0.39 is 38.2 Å². The maximum atomic E-state index is 13.4. The minimum absolute atomic E-state index is 0.183. The topological polar surface area (TPSA) is 55.8 Å². The highest BCUT2D eigenvalue weighted by atomic mass is 28.3. The lowest BCUT2D eigenvalue weighted by molar-refractivity contribution is -0.357. The van der Waals surface area contributed by atoms with Crippen LogP contribution in [-0.4, -0.2) is 42.8 Å². The summed E-state index contributed by atoms with van der Waals surface area (Å²) >= 11 is 0. The van der Waals surface area contributed by atoms with Crippen LogP contribution in [0.25, 0.3) is 0 Å². The molecule has 0 aromatic heterocycles. The van der Waals surface area contributed by atoms with Gasteiger partial charge < -0.3 is 14.6 Å². The summed E-state index contributed by atoms with van der Waals surface area (Å²) in [4.78, 5) is 13.3. The number of rotatable bonds is 2. The first-order valence-corrected chi connectivity index (χ1v) is 17.4. The first kappa shape index (κ1) is 25.1. The maximum Gasteiger partial charge on any atom is 0.443 e. The smallest absolute Gasteiger partial charge is 0.443 e. The lowest BCUT2D eigenvalue weighted by Gasteiger charge is -2.41. The average Bonchev–Trinajstić information content (AvgIpc) is 3.48. The molecule has 1 aliphatic heterocycles. The van der Waals surface area contributed by atoms with Crippen LogP contribution >= 0.6 is 0 Å². The van der Waals surface area contributed by atoms with Crippen molar-refractivity contribution in [2.45, 2.75) is 114 Å². The van der Waals surface area contributed by atoms with Crippen molar-refractivity contribution in [2.75, 3.05) is 0 Å². The van der Waals surface area contributed by atoms with E-state index in [-0.39, 0.29) is 11.9 Å². The fourth-order valence-electron chi connectivity index (χ4n) is 8.66. The molecule has 10 atom stereocenters. The monoisotopic (exact) mass is 502 g/mol. The highest BCUT2D eigenvalue weighted by Gasteiger charge is 2.70. The fraction of sp³-hybridized carbons (Fsp3) is 0.962. The van der Waals surface area contributed by atoms with E-state index in [1.54, 1.807) is 0 Å². The molecule has 1 saturated heterocycles. The Hall–Kier alpha value is -0.603. The minimum Gasteiger partial charge on any atom is -0.456 e. The molecule has 6 rings (SSSR count). The SMILES string of the molecule is C[Si](C)(C)C.O=C(OC12CCCCC1OC(O)(C(F)(F)F)C2)C1CC2CC1C1C3CCC(C3)C21. The van der Waals surface area contributed by atoms with Gasteiger partial charge in [-0.2, -0.15) is 13.2 Å². The van der Waals surface area contributed by atoms with E-state index in [9.17, 15) is 23.1 Å². The summed E-state index contributed by atoms with van der Waals surface area (Å²) in [7, 11) is -0.611. The van der Waals surface area contributed by atoms with Crippen molar-refractivity contribution in [3.63, 3.8) is 0 Å². The maximum absolute atomic E-state index is 13.4. The highest BCUT2D eigenvalue weighted by molar-refractivity contribution is 6.74. The van der Waals surface area contributed by atoms with E-state index >= 15 is 0 Å². The van der Waals surface area contributed by atoms with Gasteiger partial charge in [0.1, 0.15) is 11.7 Å². The second kappa shape index (κ2) is 8.20. The predicted octanol–water partition coefficient (Wildman–Crippen LogP) is 6.15. The summed E-state index contributed by atoms with van der Waals surface area (Å²) in [5.74, 6) is 0.166. The fourth-order valence-corrected chi connectivity index (χ4v) is 8.66. The molecule has 5 aliphatic carbocycles. The molecule has 0 aromatic carbocycles. The molecule has 194 valence electrons. The van der Waals surface area contributed by atoms with Gasteiger partial charge in [-0.1, -0.05) is 32.6 Å². The van der Waals surface area contributed by atoms with E-state index in [4.69, 9.17) is 9.47 Å². The molecule has 0 aromatic rings.